The maximum atomic E-state index is 12.1. The second kappa shape index (κ2) is 4.47. The van der Waals surface area contributed by atoms with Crippen LogP contribution < -0.4 is 0 Å². The standard InChI is InChI=1S/C15H17NOS/c1-10-6-8-12(9-7-10)18-13-5-3-4-11(2)14(13)15(17)16-18/h3-4,6-9,11,13-14H,5H2,1-2H3/t11-,13+,14-,18?/m0/s1. The first-order chi connectivity index (χ1) is 8.66. The number of aryl methyl sites for hydroxylation is 1. The number of amides is 1. The Hall–Kier alpha value is -1.22. The normalized spacial score (nSPS) is 34.2. The van der Waals surface area contributed by atoms with Crippen molar-refractivity contribution in [3.05, 3.63) is 42.0 Å². The van der Waals surface area contributed by atoms with Crippen LogP contribution in [0.25, 0.3) is 0 Å². The van der Waals surface area contributed by atoms with Crippen molar-refractivity contribution in [2.75, 3.05) is 0 Å². The lowest BCUT2D eigenvalue weighted by Crippen LogP contribution is -2.31. The van der Waals surface area contributed by atoms with Gasteiger partial charge in [0.25, 0.3) is 5.91 Å². The van der Waals surface area contributed by atoms with Gasteiger partial charge in [-0.05, 0) is 31.4 Å². The van der Waals surface area contributed by atoms with Crippen molar-refractivity contribution in [2.24, 2.45) is 16.2 Å². The van der Waals surface area contributed by atoms with E-state index in [0.29, 0.717) is 11.2 Å². The van der Waals surface area contributed by atoms with E-state index < -0.39 is 0 Å². The second-order valence-corrected chi connectivity index (χ2v) is 7.03. The van der Waals surface area contributed by atoms with E-state index in [4.69, 9.17) is 0 Å². The lowest BCUT2D eigenvalue weighted by atomic mass is 9.84. The van der Waals surface area contributed by atoms with Gasteiger partial charge >= 0.3 is 0 Å². The molecule has 1 aliphatic carbocycles. The van der Waals surface area contributed by atoms with Crippen LogP contribution in [0.5, 0.6) is 0 Å². The molecule has 0 bridgehead atoms. The average molecular weight is 259 g/mol. The first-order valence-electron chi connectivity index (χ1n) is 6.39. The van der Waals surface area contributed by atoms with E-state index in [1.807, 2.05) is 0 Å². The van der Waals surface area contributed by atoms with Crippen molar-refractivity contribution in [3.8, 4) is 0 Å². The van der Waals surface area contributed by atoms with Gasteiger partial charge in [-0.2, -0.15) is 4.36 Å². The van der Waals surface area contributed by atoms with Gasteiger partial charge in [0.05, 0.1) is 5.92 Å². The Balaban J connectivity index is 1.98. The largest absolute Gasteiger partial charge is 0.272 e. The van der Waals surface area contributed by atoms with Crippen LogP contribution in [0.1, 0.15) is 18.9 Å². The number of fused-ring (bicyclic) bond motifs is 1. The molecule has 4 atom stereocenters. The van der Waals surface area contributed by atoms with Crippen molar-refractivity contribution >= 4 is 16.6 Å². The monoisotopic (exact) mass is 259 g/mol. The zero-order valence-electron chi connectivity index (χ0n) is 10.7. The van der Waals surface area contributed by atoms with Gasteiger partial charge in [-0.1, -0.05) is 47.5 Å². The molecule has 3 heteroatoms. The molecule has 1 aromatic rings. The van der Waals surface area contributed by atoms with Crippen molar-refractivity contribution in [1.29, 1.82) is 0 Å². The fourth-order valence-electron chi connectivity index (χ4n) is 2.78. The van der Waals surface area contributed by atoms with Crippen LogP contribution in [-0.4, -0.2) is 11.2 Å². The molecule has 0 spiro atoms. The maximum Gasteiger partial charge on any atom is 0.256 e. The van der Waals surface area contributed by atoms with E-state index in [2.05, 4.69) is 54.6 Å². The Morgan fingerprint density at radius 3 is 2.72 bits per heavy atom. The molecule has 3 rings (SSSR count). The minimum Gasteiger partial charge on any atom is -0.272 e. The summed E-state index contributed by atoms with van der Waals surface area (Å²) < 4.78 is 4.43. The number of allylic oxidation sites excluding steroid dienone is 2. The number of benzene rings is 1. The quantitative estimate of drug-likeness (QED) is 0.712. The van der Waals surface area contributed by atoms with Crippen LogP contribution in [0, 0.1) is 18.8 Å². The predicted octanol–water partition coefficient (Wildman–Crippen LogP) is 3.28. The first-order valence-corrected chi connectivity index (χ1v) is 7.63. The highest BCUT2D eigenvalue weighted by Crippen LogP contribution is 2.37. The summed E-state index contributed by atoms with van der Waals surface area (Å²) in [5, 5.41) is 0.389. The molecule has 0 radical (unpaired) electrons. The predicted molar refractivity (Wildman–Crippen MR) is 74.4 cm³/mol. The van der Waals surface area contributed by atoms with E-state index >= 15 is 0 Å². The molecule has 1 aliphatic heterocycles. The SMILES string of the molecule is Cc1ccc(S2=NC(=O)[C@@H]3[C@H]2CC=C[C@@H]3C)cc1. The minimum atomic E-state index is -0.242. The van der Waals surface area contributed by atoms with Gasteiger partial charge in [-0.25, -0.2) is 0 Å². The molecule has 0 N–H and O–H groups in total. The van der Waals surface area contributed by atoms with E-state index in [0.717, 1.165) is 6.42 Å². The number of rotatable bonds is 1. The molecule has 1 unspecified atom stereocenters. The topological polar surface area (TPSA) is 29.4 Å². The van der Waals surface area contributed by atoms with Crippen molar-refractivity contribution in [2.45, 2.75) is 30.4 Å². The van der Waals surface area contributed by atoms with Crippen LogP contribution in [0.2, 0.25) is 0 Å². The average Bonchev–Trinajstić information content (AvgIpc) is 2.69. The van der Waals surface area contributed by atoms with E-state index in [1.54, 1.807) is 0 Å². The molecule has 0 fully saturated rings. The van der Waals surface area contributed by atoms with Gasteiger partial charge in [0.2, 0.25) is 0 Å². The molecule has 2 aliphatic rings. The summed E-state index contributed by atoms with van der Waals surface area (Å²) in [6.45, 7) is 4.21. The number of hydrogen-bond donors (Lipinski definition) is 0. The number of carbonyl (C=O) groups is 1. The Morgan fingerprint density at radius 1 is 1.28 bits per heavy atom. The third-order valence-corrected chi connectivity index (χ3v) is 5.99. The number of hydrogen-bond acceptors (Lipinski definition) is 1. The Morgan fingerprint density at radius 2 is 2.00 bits per heavy atom. The molecule has 1 heterocycles. The molecule has 0 saturated carbocycles. The van der Waals surface area contributed by atoms with Crippen LogP contribution in [-0.2, 0) is 15.5 Å². The summed E-state index contributed by atoms with van der Waals surface area (Å²) in [6.07, 6.45) is 5.37. The summed E-state index contributed by atoms with van der Waals surface area (Å²) in [7, 11) is -0.242. The molecule has 94 valence electrons. The molecular weight excluding hydrogens is 242 g/mol. The lowest BCUT2D eigenvalue weighted by Gasteiger charge is -2.26. The van der Waals surface area contributed by atoms with Gasteiger partial charge in [-0.15, -0.1) is 0 Å². The van der Waals surface area contributed by atoms with Crippen LogP contribution in [0.3, 0.4) is 0 Å². The van der Waals surface area contributed by atoms with E-state index in [9.17, 15) is 4.79 Å². The van der Waals surface area contributed by atoms with Crippen molar-refractivity contribution in [3.63, 3.8) is 0 Å². The Kier molecular flexibility index (Phi) is 2.94. The van der Waals surface area contributed by atoms with Gasteiger partial charge in [0.15, 0.2) is 0 Å². The first kappa shape index (κ1) is 11.8. The summed E-state index contributed by atoms with van der Waals surface area (Å²) in [4.78, 5) is 13.3. The van der Waals surface area contributed by atoms with Crippen LogP contribution in [0.4, 0.5) is 0 Å². The zero-order chi connectivity index (χ0) is 12.7. The highest BCUT2D eigenvalue weighted by Gasteiger charge is 2.41. The lowest BCUT2D eigenvalue weighted by molar-refractivity contribution is -0.121. The molecule has 0 saturated heterocycles. The second-order valence-electron chi connectivity index (χ2n) is 5.14. The summed E-state index contributed by atoms with van der Waals surface area (Å²) in [6, 6.07) is 8.47. The number of carbonyl (C=O) groups excluding carboxylic acids is 1. The molecule has 18 heavy (non-hydrogen) atoms. The third-order valence-electron chi connectivity index (χ3n) is 3.80. The molecular formula is C15H17NOS. The Bertz CT molecular complexity index is 544. The van der Waals surface area contributed by atoms with Crippen LogP contribution in [0.15, 0.2) is 45.7 Å². The third kappa shape index (κ3) is 1.87. The number of nitrogens with zero attached hydrogens (tertiary/aromatic N) is 1. The molecule has 2 nitrogen and oxygen atoms in total. The maximum absolute atomic E-state index is 12.1. The van der Waals surface area contributed by atoms with Gasteiger partial charge in [0, 0.05) is 10.1 Å². The summed E-state index contributed by atoms with van der Waals surface area (Å²) >= 11 is 0. The molecule has 0 aromatic heterocycles. The van der Waals surface area contributed by atoms with E-state index in [1.165, 1.54) is 10.5 Å². The van der Waals surface area contributed by atoms with Crippen molar-refractivity contribution in [1.82, 2.24) is 0 Å². The van der Waals surface area contributed by atoms with Gasteiger partial charge in [-0.3, -0.25) is 4.79 Å². The molecule has 1 aromatic carbocycles. The highest BCUT2D eigenvalue weighted by atomic mass is 32.2. The van der Waals surface area contributed by atoms with E-state index in [-0.39, 0.29) is 22.5 Å². The molecule has 1 amide bonds. The highest BCUT2D eigenvalue weighted by molar-refractivity contribution is 7.88. The zero-order valence-corrected chi connectivity index (χ0v) is 11.5. The van der Waals surface area contributed by atoms with Gasteiger partial charge < -0.3 is 0 Å². The summed E-state index contributed by atoms with van der Waals surface area (Å²) in [5.74, 6) is 0.559. The van der Waals surface area contributed by atoms with Crippen LogP contribution >= 0.6 is 0 Å². The minimum absolute atomic E-state index is 0.111. The fourth-order valence-corrected chi connectivity index (χ4v) is 5.03. The fraction of sp³-hybridized carbons (Fsp3) is 0.400. The smallest absolute Gasteiger partial charge is 0.256 e. The van der Waals surface area contributed by atoms with Crippen molar-refractivity contribution < 1.29 is 4.79 Å². The summed E-state index contributed by atoms with van der Waals surface area (Å²) in [5.41, 5.74) is 1.25. The Labute approximate surface area is 110 Å². The van der Waals surface area contributed by atoms with Gasteiger partial charge in [0.1, 0.15) is 0 Å².